The van der Waals surface area contributed by atoms with Crippen LogP contribution < -0.4 is 5.73 Å². The molecule has 0 atom stereocenters. The third-order valence-corrected chi connectivity index (χ3v) is 3.82. The number of nitrogens with two attached hydrogens (primary N) is 1. The maximum absolute atomic E-state index is 12.4. The molecule has 0 unspecified atom stereocenters. The average molecular weight is 338 g/mol. The summed E-state index contributed by atoms with van der Waals surface area (Å²) in [6.07, 6.45) is 4.37. The number of hydrogen-bond donors (Lipinski definition) is 1. The zero-order valence-corrected chi connectivity index (χ0v) is 14.2. The highest BCUT2D eigenvalue weighted by molar-refractivity contribution is 6.06. The molecular formula is C18H18N4O3. The molecule has 1 amide bonds. The van der Waals surface area contributed by atoms with Gasteiger partial charge in [-0.1, -0.05) is 0 Å². The Morgan fingerprint density at radius 3 is 2.72 bits per heavy atom. The Labute approximate surface area is 144 Å². The molecule has 3 rings (SSSR count). The first-order chi connectivity index (χ1) is 11.9. The molecule has 2 aromatic heterocycles. The minimum absolute atomic E-state index is 0.239. The molecule has 25 heavy (non-hydrogen) atoms. The molecule has 1 aromatic carbocycles. The highest BCUT2D eigenvalue weighted by Crippen LogP contribution is 2.31. The molecule has 0 saturated carbocycles. The number of carbonyl (C=O) groups is 2. The van der Waals surface area contributed by atoms with Crippen LogP contribution in [0.15, 0.2) is 36.9 Å². The van der Waals surface area contributed by atoms with Crippen molar-refractivity contribution in [3.8, 4) is 11.3 Å². The van der Waals surface area contributed by atoms with Crippen molar-refractivity contribution in [2.24, 2.45) is 12.8 Å². The topological polar surface area (TPSA) is 100 Å². The van der Waals surface area contributed by atoms with Gasteiger partial charge in [0.15, 0.2) is 0 Å². The van der Waals surface area contributed by atoms with Crippen molar-refractivity contribution in [2.45, 2.75) is 20.0 Å². The van der Waals surface area contributed by atoms with Gasteiger partial charge in [0.1, 0.15) is 11.9 Å². The van der Waals surface area contributed by atoms with E-state index in [2.05, 4.69) is 9.97 Å². The molecule has 7 nitrogen and oxygen atoms in total. The van der Waals surface area contributed by atoms with E-state index >= 15 is 0 Å². The summed E-state index contributed by atoms with van der Waals surface area (Å²) in [6, 6.07) is 5.25. The molecule has 7 heteroatoms. The summed E-state index contributed by atoms with van der Waals surface area (Å²) in [5.41, 5.74) is 7.88. The van der Waals surface area contributed by atoms with Crippen LogP contribution in [0.4, 0.5) is 0 Å². The van der Waals surface area contributed by atoms with Gasteiger partial charge in [-0.2, -0.15) is 0 Å². The Balaban J connectivity index is 2.27. The SMILES string of the molecule is CC(C)OC(=O)c1cncnc1-c1cc(C(N)=O)cc2c1ccn2C. The van der Waals surface area contributed by atoms with Crippen LogP contribution in [-0.2, 0) is 11.8 Å². The first-order valence-corrected chi connectivity index (χ1v) is 7.78. The number of primary amides is 1. The molecule has 0 bridgehead atoms. The van der Waals surface area contributed by atoms with Crippen LogP contribution in [0.5, 0.6) is 0 Å². The number of benzene rings is 1. The van der Waals surface area contributed by atoms with E-state index in [-0.39, 0.29) is 11.7 Å². The molecule has 0 radical (unpaired) electrons. The number of carbonyl (C=O) groups excluding carboxylic acids is 2. The lowest BCUT2D eigenvalue weighted by atomic mass is 10.00. The Hall–Kier alpha value is -3.22. The Morgan fingerprint density at radius 1 is 1.28 bits per heavy atom. The number of aryl methyl sites for hydroxylation is 1. The third-order valence-electron chi connectivity index (χ3n) is 3.82. The Bertz CT molecular complexity index is 976. The van der Waals surface area contributed by atoms with Crippen molar-refractivity contribution in [1.82, 2.24) is 14.5 Å². The van der Waals surface area contributed by atoms with E-state index in [4.69, 9.17) is 10.5 Å². The zero-order chi connectivity index (χ0) is 18.1. The van der Waals surface area contributed by atoms with Crippen molar-refractivity contribution in [2.75, 3.05) is 0 Å². The molecule has 0 saturated heterocycles. The fraction of sp³-hybridized carbons (Fsp3) is 0.222. The van der Waals surface area contributed by atoms with Crippen LogP contribution in [0.3, 0.4) is 0 Å². The van der Waals surface area contributed by atoms with Gasteiger partial charge in [0.2, 0.25) is 5.91 Å². The van der Waals surface area contributed by atoms with E-state index in [0.717, 1.165) is 10.9 Å². The van der Waals surface area contributed by atoms with Crippen LogP contribution in [-0.4, -0.2) is 32.5 Å². The van der Waals surface area contributed by atoms with Crippen LogP contribution in [0, 0.1) is 0 Å². The molecule has 128 valence electrons. The molecule has 3 aromatic rings. The summed E-state index contributed by atoms with van der Waals surface area (Å²) >= 11 is 0. The summed E-state index contributed by atoms with van der Waals surface area (Å²) in [4.78, 5) is 32.3. The number of hydrogen-bond acceptors (Lipinski definition) is 5. The number of nitrogens with zero attached hydrogens (tertiary/aromatic N) is 3. The zero-order valence-electron chi connectivity index (χ0n) is 14.2. The van der Waals surface area contributed by atoms with Gasteiger partial charge in [-0.3, -0.25) is 4.79 Å². The number of esters is 1. The summed E-state index contributed by atoms with van der Waals surface area (Å²) in [6.45, 7) is 3.54. The predicted molar refractivity (Wildman–Crippen MR) is 93.0 cm³/mol. The molecule has 0 aliphatic carbocycles. The monoisotopic (exact) mass is 338 g/mol. The number of aromatic nitrogens is 3. The molecule has 0 fully saturated rings. The lowest BCUT2D eigenvalue weighted by molar-refractivity contribution is 0.0378. The van der Waals surface area contributed by atoms with Crippen LogP contribution >= 0.6 is 0 Å². The quantitative estimate of drug-likeness (QED) is 0.736. The van der Waals surface area contributed by atoms with Crippen molar-refractivity contribution in [3.05, 3.63) is 48.0 Å². The smallest absolute Gasteiger partial charge is 0.342 e. The van der Waals surface area contributed by atoms with E-state index in [9.17, 15) is 9.59 Å². The largest absolute Gasteiger partial charge is 0.459 e. The standard InChI is InChI=1S/C18H18N4O3/c1-10(2)25-18(24)14-8-20-9-21-16(14)13-6-11(17(19)23)7-15-12(13)4-5-22(15)3/h4-10H,1-3H3,(H2,19,23). The number of amides is 1. The maximum atomic E-state index is 12.4. The number of ether oxygens (including phenoxy) is 1. The Morgan fingerprint density at radius 2 is 2.04 bits per heavy atom. The number of fused-ring (bicyclic) bond motifs is 1. The van der Waals surface area contributed by atoms with Crippen LogP contribution in [0.1, 0.15) is 34.6 Å². The summed E-state index contributed by atoms with van der Waals surface area (Å²) in [5, 5.41) is 0.852. The van der Waals surface area contributed by atoms with Crippen molar-refractivity contribution < 1.29 is 14.3 Å². The van der Waals surface area contributed by atoms with Gasteiger partial charge < -0.3 is 15.0 Å². The molecular weight excluding hydrogens is 320 g/mol. The van der Waals surface area contributed by atoms with E-state index in [0.29, 0.717) is 16.8 Å². The highest BCUT2D eigenvalue weighted by atomic mass is 16.5. The molecule has 0 aliphatic heterocycles. The second kappa shape index (κ2) is 6.35. The minimum atomic E-state index is -0.551. The molecule has 0 aliphatic rings. The molecule has 0 spiro atoms. The van der Waals surface area contributed by atoms with Gasteiger partial charge in [-0.05, 0) is 32.0 Å². The second-order valence-corrected chi connectivity index (χ2v) is 5.99. The normalized spacial score (nSPS) is 11.0. The summed E-state index contributed by atoms with van der Waals surface area (Å²) in [7, 11) is 1.87. The van der Waals surface area contributed by atoms with E-state index in [1.54, 1.807) is 26.0 Å². The highest BCUT2D eigenvalue weighted by Gasteiger charge is 2.20. The van der Waals surface area contributed by atoms with Gasteiger partial charge in [0.05, 0.1) is 11.8 Å². The van der Waals surface area contributed by atoms with Gasteiger partial charge in [-0.15, -0.1) is 0 Å². The molecule has 2 heterocycles. The number of rotatable bonds is 4. The summed E-state index contributed by atoms with van der Waals surface area (Å²) in [5.74, 6) is -1.07. The summed E-state index contributed by atoms with van der Waals surface area (Å²) < 4.78 is 7.15. The maximum Gasteiger partial charge on any atom is 0.342 e. The molecule has 2 N–H and O–H groups in total. The van der Waals surface area contributed by atoms with E-state index in [1.165, 1.54) is 12.5 Å². The van der Waals surface area contributed by atoms with Crippen molar-refractivity contribution >= 4 is 22.8 Å². The van der Waals surface area contributed by atoms with Crippen molar-refractivity contribution in [1.29, 1.82) is 0 Å². The predicted octanol–water partition coefficient (Wildman–Crippen LogP) is 2.30. The second-order valence-electron chi connectivity index (χ2n) is 5.99. The Kier molecular flexibility index (Phi) is 4.22. The minimum Gasteiger partial charge on any atom is -0.459 e. The van der Waals surface area contributed by atoms with E-state index < -0.39 is 11.9 Å². The fourth-order valence-corrected chi connectivity index (χ4v) is 2.68. The van der Waals surface area contributed by atoms with E-state index in [1.807, 2.05) is 23.9 Å². The average Bonchev–Trinajstić information content (AvgIpc) is 2.94. The van der Waals surface area contributed by atoms with Crippen LogP contribution in [0.2, 0.25) is 0 Å². The third kappa shape index (κ3) is 3.08. The van der Waals surface area contributed by atoms with Gasteiger partial charge in [-0.25, -0.2) is 14.8 Å². The fourth-order valence-electron chi connectivity index (χ4n) is 2.68. The lowest BCUT2D eigenvalue weighted by Gasteiger charge is -2.12. The first-order valence-electron chi connectivity index (χ1n) is 7.78. The van der Waals surface area contributed by atoms with Crippen molar-refractivity contribution in [3.63, 3.8) is 0 Å². The van der Waals surface area contributed by atoms with Gasteiger partial charge in [0, 0.05) is 41.5 Å². The van der Waals surface area contributed by atoms with Gasteiger partial charge >= 0.3 is 5.97 Å². The van der Waals surface area contributed by atoms with Crippen LogP contribution in [0.25, 0.3) is 22.2 Å². The lowest BCUT2D eigenvalue weighted by Crippen LogP contribution is -2.14. The first kappa shape index (κ1) is 16.6. The van der Waals surface area contributed by atoms with Gasteiger partial charge in [0.25, 0.3) is 0 Å².